The van der Waals surface area contributed by atoms with Gasteiger partial charge in [-0.15, -0.1) is 0 Å². The van der Waals surface area contributed by atoms with E-state index in [4.69, 9.17) is 28.1 Å². The molecule has 25 heteroatoms. The molecule has 0 aromatic heterocycles. The third kappa shape index (κ3) is 139. The van der Waals surface area contributed by atoms with E-state index in [9.17, 15) is 33.5 Å². The van der Waals surface area contributed by atoms with E-state index in [1.165, 1.54) is 0 Å². The van der Waals surface area contributed by atoms with Crippen molar-refractivity contribution >= 4 is 183 Å². The minimum absolute atomic E-state index is 0. The number of hydrogen-bond donors (Lipinski definition) is 0. The normalized spacial score (nSPS) is 7.44. The summed E-state index contributed by atoms with van der Waals surface area (Å²) >= 11 is -3.88. The molecule has 0 amide bonds. The zero-order valence-corrected chi connectivity index (χ0v) is 24.2. The van der Waals surface area contributed by atoms with Gasteiger partial charge in [0.2, 0.25) is 0 Å². The van der Waals surface area contributed by atoms with Crippen LogP contribution in [-0.4, -0.2) is 188 Å². The van der Waals surface area contributed by atoms with Crippen LogP contribution in [0.2, 0.25) is 0 Å². The van der Waals surface area contributed by atoms with Crippen molar-refractivity contribution in [1.82, 2.24) is 0 Å². The predicted molar refractivity (Wildman–Crippen MR) is 64.6 cm³/mol. The van der Waals surface area contributed by atoms with Crippen molar-refractivity contribution in [3.8, 4) is 0 Å². The second kappa shape index (κ2) is 29.3. The van der Waals surface area contributed by atoms with Gasteiger partial charge >= 0.3 is 205 Å². The van der Waals surface area contributed by atoms with E-state index in [1.807, 2.05) is 0 Å². The van der Waals surface area contributed by atoms with Crippen LogP contribution in [0.25, 0.3) is 0 Å². The van der Waals surface area contributed by atoms with Gasteiger partial charge in [-0.2, -0.15) is 0 Å². The SMILES string of the molecule is O=[Si]([O-])[O-].O=[Si]([O-])[O-].[Ca+2].[Ca+2].[Ca+2].[O]=[Al][O]S(=O)(=O)[O-].[O]=[Al][O]S(=O)(=O)[O-]. The zero-order valence-electron chi connectivity index (χ0n) is 11.6. The first kappa shape index (κ1) is 46.4. The molecule has 0 fully saturated rings. The summed E-state index contributed by atoms with van der Waals surface area (Å²) in [5.74, 6) is 0. The molecule has 0 bridgehead atoms. The Labute approximate surface area is 246 Å². The molecule has 0 aromatic carbocycles. The molecule has 0 rings (SSSR count). The number of hydrogen-bond acceptors (Lipinski definition) is 16. The Balaban J connectivity index is -0.0000000343. The van der Waals surface area contributed by atoms with Crippen molar-refractivity contribution in [2.24, 2.45) is 0 Å². The van der Waals surface area contributed by atoms with Crippen molar-refractivity contribution < 1.29 is 68.1 Å². The van der Waals surface area contributed by atoms with Crippen LogP contribution in [0.3, 0.4) is 0 Å². The van der Waals surface area contributed by atoms with Crippen molar-refractivity contribution in [2.75, 3.05) is 0 Å². The Morgan fingerprint density at radius 1 is 0.640 bits per heavy atom. The van der Waals surface area contributed by atoms with Gasteiger partial charge in [-0.05, 0) is 0 Å². The molecular weight excluding hydrogens is 550 g/mol. The van der Waals surface area contributed by atoms with Gasteiger partial charge in [-0.1, -0.05) is 0 Å². The van der Waals surface area contributed by atoms with E-state index >= 15 is 0 Å². The van der Waals surface area contributed by atoms with Crippen molar-refractivity contribution in [3.05, 3.63) is 0 Å². The van der Waals surface area contributed by atoms with Gasteiger partial charge in [0, 0.05) is 18.3 Å². The summed E-state index contributed by atoms with van der Waals surface area (Å²) in [6.07, 6.45) is 0. The summed E-state index contributed by atoms with van der Waals surface area (Å²) in [6, 6.07) is 0. The van der Waals surface area contributed by atoms with Crippen LogP contribution >= 0.6 is 0 Å². The zero-order chi connectivity index (χ0) is 19.0. The van der Waals surface area contributed by atoms with Crippen LogP contribution in [0, 0.1) is 0 Å². The maximum absolute atomic E-state index is 9.27. The average Bonchev–Trinajstić information content (AvgIpc) is 2.11. The molecule has 25 heavy (non-hydrogen) atoms. The maximum atomic E-state index is 9.27. The molecule has 0 unspecified atom stereocenters. The van der Waals surface area contributed by atoms with Gasteiger partial charge in [-0.3, -0.25) is 0 Å². The van der Waals surface area contributed by atoms with E-state index < -0.39 is 70.1 Å². The van der Waals surface area contributed by atoms with E-state index in [1.54, 1.807) is 0 Å². The Morgan fingerprint density at radius 3 is 0.760 bits per heavy atom. The molecule has 0 spiro atoms. The molecule has 0 aliphatic carbocycles. The van der Waals surface area contributed by atoms with Gasteiger partial charge in [-0.25, -0.2) is 0 Å². The first-order valence-electron chi connectivity index (χ1n) is 3.50. The fourth-order valence-electron chi connectivity index (χ4n) is 0.0962. The molecule has 0 N–H and O–H groups in total. The molecule has 0 saturated heterocycles. The third-order valence-corrected chi connectivity index (χ3v) is 2.83. The fourth-order valence-corrected chi connectivity index (χ4v) is 0.866. The van der Waals surface area contributed by atoms with Crippen LogP contribution in [0.5, 0.6) is 0 Å². The summed E-state index contributed by atoms with van der Waals surface area (Å²) in [7, 11) is -16.7. The van der Waals surface area contributed by atoms with Gasteiger partial charge in [0.1, 0.15) is 0 Å². The Hall–Kier alpha value is 3.10. The second-order valence-electron chi connectivity index (χ2n) is 1.70. The standard InChI is InChI=1S/2Al.3Ca.2H2O4S.2O3Si.2O/c;;;;;2*1-5(2,3)4;2*1-4(2)3;;/h;;;;;2*(H2,1,2,3,4);;;;/q2*+1;3*+2;;;2*-2;;/p-4. The van der Waals surface area contributed by atoms with Crippen LogP contribution in [0.1, 0.15) is 0 Å². The molecule has 0 aliphatic rings. The molecule has 128 valence electrons. The summed E-state index contributed by atoms with van der Waals surface area (Å²) in [6.45, 7) is 0. The minimum atomic E-state index is -4.70. The number of rotatable bonds is 4. The molecule has 0 heterocycles. The monoisotopic (exact) mass is 550 g/mol. The van der Waals surface area contributed by atoms with E-state index in [0.29, 0.717) is 0 Å². The first-order valence-corrected chi connectivity index (χ1v) is 10.5. The fraction of sp³-hybridized carbons (Fsp3) is 0. The van der Waals surface area contributed by atoms with Gasteiger partial charge in [0.25, 0.3) is 0 Å². The molecule has 0 aliphatic heterocycles. The quantitative estimate of drug-likeness (QED) is 0.178. The molecule has 0 radical (unpaired) electrons. The van der Waals surface area contributed by atoms with Crippen LogP contribution in [0.15, 0.2) is 0 Å². The molecule has 0 aromatic rings. The summed E-state index contributed by atoms with van der Waals surface area (Å²) in [5, 5.41) is 0. The Morgan fingerprint density at radius 2 is 0.760 bits per heavy atom. The van der Waals surface area contributed by atoms with E-state index in [0.717, 1.165) is 0 Å². The summed E-state index contributed by atoms with van der Waals surface area (Å²) in [4.78, 5) is 34.1. The third-order valence-electron chi connectivity index (χ3n) is 0.314. The molecule has 0 saturated carbocycles. The average molecular weight is 550 g/mol. The molecule has 16 nitrogen and oxygen atoms in total. The Bertz CT molecular complexity index is 484. The topological polar surface area (TPSA) is 293 Å². The van der Waals surface area contributed by atoms with Crippen molar-refractivity contribution in [3.63, 3.8) is 0 Å². The second-order valence-corrected chi connectivity index (χ2v) is 6.26. The van der Waals surface area contributed by atoms with Crippen molar-refractivity contribution in [2.45, 2.75) is 0 Å². The summed E-state index contributed by atoms with van der Waals surface area (Å²) < 4.78 is 97.5. The van der Waals surface area contributed by atoms with E-state index in [2.05, 4.69) is 6.47 Å². The van der Waals surface area contributed by atoms with E-state index in [-0.39, 0.29) is 113 Å². The van der Waals surface area contributed by atoms with Gasteiger partial charge in [0.05, 0.1) is 0 Å². The first-order chi connectivity index (χ1) is 9.59. The van der Waals surface area contributed by atoms with Crippen molar-refractivity contribution in [1.29, 1.82) is 0 Å². The van der Waals surface area contributed by atoms with Gasteiger partial charge in [0.15, 0.2) is 0 Å². The molecular formula is Al2Ca3O16S2Si2. The van der Waals surface area contributed by atoms with Crippen LogP contribution < -0.4 is 19.2 Å². The predicted octanol–water partition coefficient (Wildman–Crippen LogP) is -10.0. The Kier molecular flexibility index (Phi) is 54.3. The van der Waals surface area contributed by atoms with Crippen LogP contribution in [-0.2, 0) is 43.8 Å². The van der Waals surface area contributed by atoms with Gasteiger partial charge < -0.3 is 28.1 Å². The molecule has 0 atom stereocenters. The van der Waals surface area contributed by atoms with Crippen LogP contribution in [0.4, 0.5) is 0 Å². The summed E-state index contributed by atoms with van der Waals surface area (Å²) in [5.41, 5.74) is 0.